The highest BCUT2D eigenvalue weighted by Crippen LogP contribution is 2.39. The molecular weight excluding hydrogens is 372 g/mol. The van der Waals surface area contributed by atoms with Crippen LogP contribution in [0.1, 0.15) is 21.5 Å². The van der Waals surface area contributed by atoms with Gasteiger partial charge in [0, 0.05) is 35.5 Å². The van der Waals surface area contributed by atoms with Crippen molar-refractivity contribution >= 4 is 32.4 Å². The predicted molar refractivity (Wildman–Crippen MR) is 110 cm³/mol. The number of amides is 1. The molecular formula is C22H18N2O3S. The lowest BCUT2D eigenvalue weighted by Gasteiger charge is -2.13. The van der Waals surface area contributed by atoms with E-state index in [0.29, 0.717) is 22.8 Å². The lowest BCUT2D eigenvalue weighted by molar-refractivity contribution is 0.0999. The van der Waals surface area contributed by atoms with Gasteiger partial charge in [0.25, 0.3) is 5.91 Å². The van der Waals surface area contributed by atoms with Gasteiger partial charge in [0.1, 0.15) is 0 Å². The highest BCUT2D eigenvalue weighted by molar-refractivity contribution is 7.89. The van der Waals surface area contributed by atoms with Gasteiger partial charge in [-0.3, -0.25) is 4.79 Å². The lowest BCUT2D eigenvalue weighted by atomic mass is 10.1. The third kappa shape index (κ3) is 2.85. The van der Waals surface area contributed by atoms with E-state index in [1.54, 1.807) is 37.4 Å². The standard InChI is InChI=1S/C22H18N2O3S/c1-3-15-7-4-5-8-16(15)13-14-23-28(26,27)20-12-11-19-21-17(20)9-6-10-18(21)22(25)24(19)2/h1,4-12,23H,13-14H2,2H3. The fourth-order valence-electron chi connectivity index (χ4n) is 3.62. The van der Waals surface area contributed by atoms with Crippen molar-refractivity contribution in [1.82, 2.24) is 4.72 Å². The Morgan fingerprint density at radius 2 is 1.86 bits per heavy atom. The Bertz CT molecular complexity index is 1260. The van der Waals surface area contributed by atoms with Crippen LogP contribution in [-0.4, -0.2) is 27.9 Å². The summed E-state index contributed by atoms with van der Waals surface area (Å²) < 4.78 is 28.5. The lowest BCUT2D eigenvalue weighted by Crippen LogP contribution is -2.26. The first-order valence-electron chi connectivity index (χ1n) is 8.82. The van der Waals surface area contributed by atoms with Gasteiger partial charge >= 0.3 is 0 Å². The first kappa shape index (κ1) is 18.2. The average Bonchev–Trinajstić information content (AvgIpc) is 2.95. The van der Waals surface area contributed by atoms with Gasteiger partial charge in [0.05, 0.1) is 10.6 Å². The Balaban J connectivity index is 1.65. The van der Waals surface area contributed by atoms with E-state index in [0.717, 1.165) is 16.8 Å². The molecule has 3 aromatic carbocycles. The summed E-state index contributed by atoms with van der Waals surface area (Å²) in [5.74, 6) is 2.48. The zero-order valence-electron chi connectivity index (χ0n) is 15.3. The summed E-state index contributed by atoms with van der Waals surface area (Å²) in [5, 5.41) is 1.22. The molecule has 0 fully saturated rings. The minimum Gasteiger partial charge on any atom is -0.311 e. The summed E-state index contributed by atoms with van der Waals surface area (Å²) in [6, 6.07) is 15.9. The van der Waals surface area contributed by atoms with E-state index in [9.17, 15) is 13.2 Å². The molecule has 0 aliphatic carbocycles. The second kappa shape index (κ2) is 6.79. The molecule has 0 saturated carbocycles. The maximum Gasteiger partial charge on any atom is 0.258 e. The molecule has 28 heavy (non-hydrogen) atoms. The van der Waals surface area contributed by atoms with Crippen LogP contribution >= 0.6 is 0 Å². The number of rotatable bonds is 5. The number of benzene rings is 3. The molecule has 4 rings (SSSR count). The summed E-state index contributed by atoms with van der Waals surface area (Å²) >= 11 is 0. The quantitative estimate of drug-likeness (QED) is 0.681. The van der Waals surface area contributed by atoms with E-state index in [1.807, 2.05) is 24.3 Å². The number of anilines is 1. The summed E-state index contributed by atoms with van der Waals surface area (Å²) in [4.78, 5) is 14.1. The molecule has 0 aromatic heterocycles. The molecule has 1 N–H and O–H groups in total. The summed E-state index contributed by atoms with van der Waals surface area (Å²) in [7, 11) is -2.06. The van der Waals surface area contributed by atoms with Crippen molar-refractivity contribution < 1.29 is 13.2 Å². The van der Waals surface area contributed by atoms with E-state index >= 15 is 0 Å². The first-order valence-corrected chi connectivity index (χ1v) is 10.3. The van der Waals surface area contributed by atoms with Crippen molar-refractivity contribution in [3.8, 4) is 12.3 Å². The molecule has 1 aliphatic rings. The van der Waals surface area contributed by atoms with Gasteiger partial charge in [0.2, 0.25) is 10.0 Å². The zero-order chi connectivity index (χ0) is 19.9. The zero-order valence-corrected chi connectivity index (χ0v) is 16.1. The number of carbonyl (C=O) groups excluding carboxylic acids is 1. The number of terminal acetylenes is 1. The topological polar surface area (TPSA) is 66.5 Å². The second-order valence-electron chi connectivity index (χ2n) is 6.62. The Morgan fingerprint density at radius 1 is 1.07 bits per heavy atom. The molecule has 0 atom stereocenters. The number of nitrogens with zero attached hydrogens (tertiary/aromatic N) is 1. The van der Waals surface area contributed by atoms with Gasteiger partial charge in [-0.2, -0.15) is 0 Å². The van der Waals surface area contributed by atoms with Gasteiger partial charge in [-0.05, 0) is 36.2 Å². The number of nitrogens with one attached hydrogen (secondary N) is 1. The van der Waals surface area contributed by atoms with Crippen molar-refractivity contribution in [3.05, 3.63) is 71.3 Å². The molecule has 0 bridgehead atoms. The van der Waals surface area contributed by atoms with E-state index in [2.05, 4.69) is 10.6 Å². The van der Waals surface area contributed by atoms with Crippen LogP contribution in [0.3, 0.4) is 0 Å². The van der Waals surface area contributed by atoms with E-state index in [1.165, 1.54) is 4.90 Å². The van der Waals surface area contributed by atoms with Crippen LogP contribution in [0.25, 0.3) is 10.8 Å². The van der Waals surface area contributed by atoms with Crippen molar-refractivity contribution in [2.24, 2.45) is 0 Å². The van der Waals surface area contributed by atoms with Crippen LogP contribution in [0, 0.1) is 12.3 Å². The van der Waals surface area contributed by atoms with Crippen molar-refractivity contribution in [2.45, 2.75) is 11.3 Å². The van der Waals surface area contributed by atoms with Crippen LogP contribution in [-0.2, 0) is 16.4 Å². The smallest absolute Gasteiger partial charge is 0.258 e. The number of sulfonamides is 1. The van der Waals surface area contributed by atoms with Crippen LogP contribution < -0.4 is 9.62 Å². The maximum atomic E-state index is 12.9. The summed E-state index contributed by atoms with van der Waals surface area (Å²) in [6.07, 6.45) is 5.99. The molecule has 1 aliphatic heterocycles. The predicted octanol–water partition coefficient (Wildman–Crippen LogP) is 2.93. The van der Waals surface area contributed by atoms with E-state index in [4.69, 9.17) is 6.42 Å². The number of hydrogen-bond acceptors (Lipinski definition) is 3. The van der Waals surface area contributed by atoms with Crippen molar-refractivity contribution in [3.63, 3.8) is 0 Å². The SMILES string of the molecule is C#Cc1ccccc1CCNS(=O)(=O)c1ccc2c3c(cccc13)C(=O)N2C. The van der Waals surface area contributed by atoms with Crippen LogP contribution in [0.5, 0.6) is 0 Å². The Morgan fingerprint density at radius 3 is 2.64 bits per heavy atom. The molecule has 0 unspecified atom stereocenters. The minimum absolute atomic E-state index is 0.131. The van der Waals surface area contributed by atoms with Crippen molar-refractivity contribution in [1.29, 1.82) is 0 Å². The Kier molecular flexibility index (Phi) is 4.42. The molecule has 6 heteroatoms. The average molecular weight is 390 g/mol. The van der Waals surface area contributed by atoms with Crippen LogP contribution in [0.2, 0.25) is 0 Å². The van der Waals surface area contributed by atoms with Gasteiger partial charge in [-0.15, -0.1) is 6.42 Å². The fourth-order valence-corrected chi connectivity index (χ4v) is 4.85. The van der Waals surface area contributed by atoms with Crippen LogP contribution in [0.15, 0.2) is 59.5 Å². The Hall–Kier alpha value is -3.14. The highest BCUT2D eigenvalue weighted by Gasteiger charge is 2.29. The normalized spacial score (nSPS) is 13.1. The third-order valence-electron chi connectivity index (χ3n) is 5.02. The highest BCUT2D eigenvalue weighted by atomic mass is 32.2. The minimum atomic E-state index is -3.75. The van der Waals surface area contributed by atoms with Gasteiger partial charge in [-0.1, -0.05) is 36.3 Å². The molecule has 0 radical (unpaired) electrons. The van der Waals surface area contributed by atoms with Gasteiger partial charge in [0.15, 0.2) is 0 Å². The molecule has 1 amide bonds. The number of hydrogen-bond donors (Lipinski definition) is 1. The van der Waals surface area contributed by atoms with Gasteiger partial charge < -0.3 is 4.90 Å². The molecule has 5 nitrogen and oxygen atoms in total. The molecule has 0 saturated heterocycles. The van der Waals surface area contributed by atoms with Crippen molar-refractivity contribution in [2.75, 3.05) is 18.5 Å². The first-order chi connectivity index (χ1) is 13.4. The molecule has 140 valence electrons. The summed E-state index contributed by atoms with van der Waals surface area (Å²) in [6.45, 7) is 0.225. The Labute approximate surface area is 164 Å². The fraction of sp³-hybridized carbons (Fsp3) is 0.136. The largest absolute Gasteiger partial charge is 0.311 e. The molecule has 0 spiro atoms. The maximum absolute atomic E-state index is 12.9. The van der Waals surface area contributed by atoms with Gasteiger partial charge in [-0.25, -0.2) is 13.1 Å². The monoisotopic (exact) mass is 390 g/mol. The number of carbonyl (C=O) groups is 1. The summed E-state index contributed by atoms with van der Waals surface area (Å²) in [5.41, 5.74) is 2.92. The molecule has 1 heterocycles. The van der Waals surface area contributed by atoms with E-state index in [-0.39, 0.29) is 17.3 Å². The molecule has 3 aromatic rings. The third-order valence-corrected chi connectivity index (χ3v) is 6.54. The van der Waals surface area contributed by atoms with Crippen LogP contribution in [0.4, 0.5) is 5.69 Å². The second-order valence-corrected chi connectivity index (χ2v) is 8.36. The van der Waals surface area contributed by atoms with E-state index < -0.39 is 10.0 Å².